The van der Waals surface area contributed by atoms with Crippen LogP contribution in [0.2, 0.25) is 0 Å². The van der Waals surface area contributed by atoms with Crippen LogP contribution in [0.4, 0.5) is 5.69 Å². The first-order chi connectivity index (χ1) is 10.2. The molecule has 1 saturated carbocycles. The minimum Gasteiger partial charge on any atom is -0.399 e. The monoisotopic (exact) mass is 316 g/mol. The van der Waals surface area contributed by atoms with Crippen LogP contribution in [0.1, 0.15) is 18.9 Å². The summed E-state index contributed by atoms with van der Waals surface area (Å²) in [5.74, 6) is 0. The molecule has 0 aliphatic heterocycles. The van der Waals surface area contributed by atoms with E-state index in [1.54, 1.807) is 17.0 Å². The Morgan fingerprint density at radius 2 is 2.24 bits per heavy atom. The Kier molecular flexibility index (Phi) is 2.97. The predicted molar refractivity (Wildman–Crippen MR) is 84.9 cm³/mol. The number of fused-ring (bicyclic) bond motifs is 1. The maximum atomic E-state index is 12.4. The van der Waals surface area contributed by atoms with Crippen molar-refractivity contribution in [1.29, 1.82) is 0 Å². The molecular weight excluding hydrogens is 304 g/mol. The highest BCUT2D eigenvalue weighted by molar-refractivity contribution is 8.01. The van der Waals surface area contributed by atoms with Crippen LogP contribution in [-0.4, -0.2) is 14.5 Å². The molecule has 2 aromatic heterocycles. The third kappa shape index (κ3) is 2.43. The minimum atomic E-state index is -0.0243. The van der Waals surface area contributed by atoms with Gasteiger partial charge in [0.15, 0.2) is 9.37 Å². The van der Waals surface area contributed by atoms with Gasteiger partial charge < -0.3 is 10.3 Å². The second-order valence-corrected chi connectivity index (χ2v) is 7.25. The average molecular weight is 316 g/mol. The molecule has 0 saturated heterocycles. The van der Waals surface area contributed by atoms with Gasteiger partial charge in [0.1, 0.15) is 0 Å². The summed E-state index contributed by atoms with van der Waals surface area (Å²) in [7, 11) is 0. The molecule has 106 valence electrons. The van der Waals surface area contributed by atoms with E-state index >= 15 is 0 Å². The maximum Gasteiger partial charge on any atom is 0.283 e. The van der Waals surface area contributed by atoms with Crippen LogP contribution in [0, 0.1) is 0 Å². The molecule has 2 heterocycles. The van der Waals surface area contributed by atoms with Gasteiger partial charge in [-0.05, 0) is 42.8 Å². The first-order valence-electron chi connectivity index (χ1n) is 6.62. The molecule has 0 bridgehead atoms. The number of nitrogens with two attached hydrogens (primary N) is 1. The normalized spacial score (nSPS) is 14.7. The van der Waals surface area contributed by atoms with E-state index in [9.17, 15) is 4.79 Å². The zero-order chi connectivity index (χ0) is 14.4. The lowest BCUT2D eigenvalue weighted by molar-refractivity contribution is 0.675. The summed E-state index contributed by atoms with van der Waals surface area (Å²) < 4.78 is 3.62. The molecule has 7 heteroatoms. The number of thiazole rings is 1. The molecule has 1 aromatic carbocycles. The molecule has 0 spiro atoms. The smallest absolute Gasteiger partial charge is 0.283 e. The minimum absolute atomic E-state index is 0.0243. The van der Waals surface area contributed by atoms with Crippen LogP contribution in [0.25, 0.3) is 10.2 Å². The van der Waals surface area contributed by atoms with E-state index in [-0.39, 0.29) is 5.56 Å². The van der Waals surface area contributed by atoms with Crippen LogP contribution in [0.15, 0.2) is 44.8 Å². The summed E-state index contributed by atoms with van der Waals surface area (Å²) in [4.78, 5) is 21.1. The van der Waals surface area contributed by atoms with Crippen LogP contribution in [0.5, 0.6) is 0 Å². The van der Waals surface area contributed by atoms with Gasteiger partial charge in [-0.2, -0.15) is 0 Å². The van der Waals surface area contributed by atoms with Gasteiger partial charge in [-0.25, -0.2) is 9.97 Å². The van der Waals surface area contributed by atoms with E-state index in [2.05, 4.69) is 9.97 Å². The van der Waals surface area contributed by atoms with Crippen molar-refractivity contribution in [2.75, 3.05) is 5.73 Å². The summed E-state index contributed by atoms with van der Waals surface area (Å²) in [6, 6.07) is 5.98. The highest BCUT2D eigenvalue weighted by Crippen LogP contribution is 2.35. The molecule has 0 amide bonds. The van der Waals surface area contributed by atoms with Crippen molar-refractivity contribution in [3.63, 3.8) is 0 Å². The average Bonchev–Trinajstić information content (AvgIpc) is 3.22. The third-order valence-corrected chi connectivity index (χ3v) is 5.41. The second kappa shape index (κ2) is 4.85. The molecule has 0 atom stereocenters. The van der Waals surface area contributed by atoms with Gasteiger partial charge in [0, 0.05) is 24.1 Å². The second-order valence-electron chi connectivity index (χ2n) is 4.98. The molecule has 1 fully saturated rings. The van der Waals surface area contributed by atoms with E-state index in [1.165, 1.54) is 23.1 Å². The molecule has 4 rings (SSSR count). The van der Waals surface area contributed by atoms with E-state index in [0.717, 1.165) is 33.1 Å². The maximum absolute atomic E-state index is 12.4. The summed E-state index contributed by atoms with van der Waals surface area (Å²) in [5, 5.41) is 0.483. The Morgan fingerprint density at radius 3 is 3.05 bits per heavy atom. The number of nitrogen functional groups attached to an aromatic ring is 1. The van der Waals surface area contributed by atoms with Gasteiger partial charge in [0.05, 0.1) is 10.2 Å². The Morgan fingerprint density at radius 1 is 1.38 bits per heavy atom. The topological polar surface area (TPSA) is 73.8 Å². The third-order valence-electron chi connectivity index (χ3n) is 3.35. The Labute approximate surface area is 128 Å². The number of rotatable bonds is 3. The van der Waals surface area contributed by atoms with Crippen LogP contribution in [-0.2, 0) is 0 Å². The van der Waals surface area contributed by atoms with Gasteiger partial charge >= 0.3 is 0 Å². The lowest BCUT2D eigenvalue weighted by Crippen LogP contribution is -2.20. The first-order valence-corrected chi connectivity index (χ1v) is 8.25. The fourth-order valence-electron chi connectivity index (χ4n) is 2.16. The fraction of sp³-hybridized carbons (Fsp3) is 0.214. The van der Waals surface area contributed by atoms with Crippen molar-refractivity contribution in [3.8, 4) is 0 Å². The number of benzene rings is 1. The van der Waals surface area contributed by atoms with Crippen molar-refractivity contribution in [2.45, 2.75) is 28.2 Å². The molecule has 0 unspecified atom stereocenters. The molecule has 3 aromatic rings. The molecule has 2 N–H and O–H groups in total. The van der Waals surface area contributed by atoms with Crippen molar-refractivity contribution >= 4 is 39.0 Å². The SMILES string of the molecule is Nc1ccc2nc(Sc3nccn(C4CC4)c3=O)sc2c1. The molecule has 21 heavy (non-hydrogen) atoms. The summed E-state index contributed by atoms with van der Waals surface area (Å²) in [5.41, 5.74) is 7.37. The highest BCUT2D eigenvalue weighted by atomic mass is 32.2. The van der Waals surface area contributed by atoms with E-state index in [0.29, 0.717) is 11.1 Å². The number of anilines is 1. The van der Waals surface area contributed by atoms with Crippen molar-refractivity contribution in [2.24, 2.45) is 0 Å². The molecule has 1 aliphatic rings. The molecule has 1 aliphatic carbocycles. The van der Waals surface area contributed by atoms with Crippen molar-refractivity contribution in [1.82, 2.24) is 14.5 Å². The summed E-state index contributed by atoms with van der Waals surface area (Å²) in [6.45, 7) is 0. The van der Waals surface area contributed by atoms with Crippen LogP contribution >= 0.6 is 23.1 Å². The van der Waals surface area contributed by atoms with Gasteiger partial charge in [0.2, 0.25) is 0 Å². The van der Waals surface area contributed by atoms with E-state index < -0.39 is 0 Å². The quantitative estimate of drug-likeness (QED) is 0.752. The largest absolute Gasteiger partial charge is 0.399 e. The standard InChI is InChI=1S/C14H12N4OS2/c15-8-1-4-10-11(7-8)20-14(17-10)21-12-13(19)18(6-5-16-12)9-2-3-9/h1,4-7,9H,2-3,15H2. The lowest BCUT2D eigenvalue weighted by atomic mass is 10.3. The number of hydrogen-bond acceptors (Lipinski definition) is 6. The predicted octanol–water partition coefficient (Wildman–Crippen LogP) is 2.92. The van der Waals surface area contributed by atoms with E-state index in [4.69, 9.17) is 5.73 Å². The van der Waals surface area contributed by atoms with Gasteiger partial charge in [-0.3, -0.25) is 4.79 Å². The summed E-state index contributed by atoms with van der Waals surface area (Å²) >= 11 is 2.86. The first kappa shape index (κ1) is 12.8. The van der Waals surface area contributed by atoms with Gasteiger partial charge in [-0.15, -0.1) is 11.3 Å². The van der Waals surface area contributed by atoms with Crippen molar-refractivity contribution < 1.29 is 0 Å². The van der Waals surface area contributed by atoms with Gasteiger partial charge in [0.25, 0.3) is 5.56 Å². The Balaban J connectivity index is 1.71. The highest BCUT2D eigenvalue weighted by Gasteiger charge is 2.25. The molecule has 5 nitrogen and oxygen atoms in total. The lowest BCUT2D eigenvalue weighted by Gasteiger charge is -2.03. The fourth-order valence-corrected chi connectivity index (χ4v) is 4.20. The zero-order valence-corrected chi connectivity index (χ0v) is 12.7. The zero-order valence-electron chi connectivity index (χ0n) is 11.0. The summed E-state index contributed by atoms with van der Waals surface area (Å²) in [6.07, 6.45) is 5.61. The Hall–Kier alpha value is -1.86. The Bertz CT molecular complexity index is 882. The number of nitrogens with zero attached hydrogens (tertiary/aromatic N) is 3. The number of hydrogen-bond donors (Lipinski definition) is 1. The van der Waals surface area contributed by atoms with Crippen molar-refractivity contribution in [3.05, 3.63) is 40.9 Å². The van der Waals surface area contributed by atoms with Gasteiger partial charge in [-0.1, -0.05) is 0 Å². The molecular formula is C14H12N4OS2. The van der Waals surface area contributed by atoms with E-state index in [1.807, 2.05) is 18.2 Å². The van der Waals surface area contributed by atoms with Crippen LogP contribution < -0.4 is 11.3 Å². The number of aromatic nitrogens is 3. The van der Waals surface area contributed by atoms with Crippen LogP contribution in [0.3, 0.4) is 0 Å². The molecule has 0 radical (unpaired) electrons.